The Labute approximate surface area is 123 Å². The molecule has 0 bridgehead atoms. The molecule has 0 radical (unpaired) electrons. The molecular formula is C13H18F4O3Si. The maximum Gasteiger partial charge on any atom is 0.262 e. The number of rotatable bonds is 7. The molecule has 120 valence electrons. The van der Waals surface area contributed by atoms with E-state index < -0.39 is 39.5 Å². The summed E-state index contributed by atoms with van der Waals surface area (Å²) in [7, 11) is -1.90. The van der Waals surface area contributed by atoms with Crippen molar-refractivity contribution in [1.82, 2.24) is 0 Å². The van der Waals surface area contributed by atoms with E-state index in [4.69, 9.17) is 13.9 Å². The summed E-state index contributed by atoms with van der Waals surface area (Å²) in [5.74, 6) is -6.56. The zero-order valence-electron chi connectivity index (χ0n) is 12.3. The molecule has 0 unspecified atom stereocenters. The van der Waals surface area contributed by atoms with Gasteiger partial charge in [0.2, 0.25) is 9.76 Å². The maximum absolute atomic E-state index is 13.5. The highest BCUT2D eigenvalue weighted by molar-refractivity contribution is 6.47. The molecule has 8 heteroatoms. The average molecular weight is 326 g/mol. The van der Waals surface area contributed by atoms with Gasteiger partial charge in [-0.2, -0.15) is 0 Å². The third kappa shape index (κ3) is 5.38. The molecule has 0 aromatic heterocycles. The number of benzene rings is 1. The first kappa shape index (κ1) is 18.1. The predicted molar refractivity (Wildman–Crippen MR) is 71.8 cm³/mol. The highest BCUT2D eigenvalue weighted by Gasteiger charge is 2.21. The normalized spacial score (nSPS) is 12.5. The van der Waals surface area contributed by atoms with Crippen molar-refractivity contribution >= 4 is 14.9 Å². The van der Waals surface area contributed by atoms with E-state index in [1.807, 2.05) is 0 Å². The lowest BCUT2D eigenvalue weighted by atomic mass is 10.3. The SMILES string of the molecule is CC(C)OC(O[SiH2]c1cc(F)c(F)c(F)c1F)OC(C)C. The van der Waals surface area contributed by atoms with E-state index in [1.54, 1.807) is 27.7 Å². The molecule has 0 saturated carbocycles. The summed E-state index contributed by atoms with van der Waals surface area (Å²) in [5.41, 5.74) is 0. The number of halogens is 4. The van der Waals surface area contributed by atoms with E-state index in [-0.39, 0.29) is 17.4 Å². The van der Waals surface area contributed by atoms with Crippen LogP contribution >= 0.6 is 0 Å². The van der Waals surface area contributed by atoms with Crippen molar-refractivity contribution < 1.29 is 31.5 Å². The Morgan fingerprint density at radius 1 is 0.857 bits per heavy atom. The van der Waals surface area contributed by atoms with E-state index >= 15 is 0 Å². The molecule has 0 aliphatic rings. The Morgan fingerprint density at radius 2 is 1.38 bits per heavy atom. The van der Waals surface area contributed by atoms with Gasteiger partial charge in [0.1, 0.15) is 0 Å². The van der Waals surface area contributed by atoms with E-state index in [9.17, 15) is 17.6 Å². The fourth-order valence-electron chi connectivity index (χ4n) is 1.44. The van der Waals surface area contributed by atoms with Crippen LogP contribution in [0.5, 0.6) is 0 Å². The maximum atomic E-state index is 13.5. The zero-order valence-corrected chi connectivity index (χ0v) is 13.7. The summed E-state index contributed by atoms with van der Waals surface area (Å²) >= 11 is 0. The van der Waals surface area contributed by atoms with Crippen LogP contribution in [-0.4, -0.2) is 28.4 Å². The third-order valence-corrected chi connectivity index (χ3v) is 3.58. The first-order valence-corrected chi connectivity index (χ1v) is 7.75. The van der Waals surface area contributed by atoms with Crippen LogP contribution in [0.2, 0.25) is 0 Å². The molecule has 0 aliphatic heterocycles. The molecular weight excluding hydrogens is 308 g/mol. The lowest BCUT2D eigenvalue weighted by Gasteiger charge is -2.23. The molecule has 0 amide bonds. The minimum Gasteiger partial charge on any atom is -0.373 e. The lowest BCUT2D eigenvalue weighted by Crippen LogP contribution is -2.34. The zero-order chi connectivity index (χ0) is 16.2. The van der Waals surface area contributed by atoms with Crippen LogP contribution in [-0.2, 0) is 13.9 Å². The van der Waals surface area contributed by atoms with Gasteiger partial charge in [-0.25, -0.2) is 17.6 Å². The Balaban J connectivity index is 2.80. The van der Waals surface area contributed by atoms with Gasteiger partial charge in [-0.3, -0.25) is 0 Å². The Morgan fingerprint density at radius 3 is 1.86 bits per heavy atom. The topological polar surface area (TPSA) is 27.7 Å². The molecule has 21 heavy (non-hydrogen) atoms. The quantitative estimate of drug-likeness (QED) is 0.252. The second-order valence-electron chi connectivity index (χ2n) is 4.93. The van der Waals surface area contributed by atoms with Gasteiger partial charge in [-0.1, -0.05) is 0 Å². The minimum atomic E-state index is -1.90. The molecule has 0 saturated heterocycles. The van der Waals surface area contributed by atoms with E-state index in [2.05, 4.69) is 0 Å². The molecule has 0 N–H and O–H groups in total. The van der Waals surface area contributed by atoms with Crippen LogP contribution in [0.25, 0.3) is 0 Å². The Bertz CT molecular complexity index is 473. The van der Waals surface area contributed by atoms with Crippen molar-refractivity contribution in [3.05, 3.63) is 29.3 Å². The summed E-state index contributed by atoms with van der Waals surface area (Å²) in [6.07, 6.45) is -0.427. The van der Waals surface area contributed by atoms with Crippen molar-refractivity contribution in [1.29, 1.82) is 0 Å². The molecule has 0 atom stereocenters. The standard InChI is InChI=1S/C13H18F4O3Si/c1-6(2)18-13(19-7(3)4)20-21-9-5-8(14)10(15)12(17)11(9)16/h5-7,13H,21H2,1-4H3. The molecule has 1 aromatic carbocycles. The second kappa shape index (κ2) is 7.88. The smallest absolute Gasteiger partial charge is 0.262 e. The van der Waals surface area contributed by atoms with E-state index in [1.165, 1.54) is 0 Å². The average Bonchev–Trinajstić information content (AvgIpc) is 2.37. The largest absolute Gasteiger partial charge is 0.373 e. The van der Waals surface area contributed by atoms with Gasteiger partial charge in [-0.05, 0) is 33.8 Å². The highest BCUT2D eigenvalue weighted by Crippen LogP contribution is 2.12. The summed E-state index contributed by atoms with van der Waals surface area (Å²) in [5, 5.41) is -0.323. The van der Waals surface area contributed by atoms with Crippen LogP contribution in [0, 0.1) is 23.3 Å². The summed E-state index contributed by atoms with van der Waals surface area (Å²) < 4.78 is 68.5. The van der Waals surface area contributed by atoms with Crippen molar-refractivity contribution in [3.63, 3.8) is 0 Å². The van der Waals surface area contributed by atoms with Crippen LogP contribution < -0.4 is 5.19 Å². The fourth-order valence-corrected chi connectivity index (χ4v) is 2.46. The molecule has 0 heterocycles. The first-order chi connectivity index (χ1) is 9.72. The van der Waals surface area contributed by atoms with Crippen LogP contribution in [0.4, 0.5) is 17.6 Å². The number of hydrogen-bond donors (Lipinski definition) is 0. The van der Waals surface area contributed by atoms with Gasteiger partial charge < -0.3 is 13.9 Å². The molecule has 1 rings (SSSR count). The summed E-state index contributed by atoms with van der Waals surface area (Å²) in [4.78, 5) is 0. The first-order valence-electron chi connectivity index (χ1n) is 6.46. The second-order valence-corrected chi connectivity index (χ2v) is 6.31. The van der Waals surface area contributed by atoms with E-state index in [0.717, 1.165) is 0 Å². The van der Waals surface area contributed by atoms with Crippen molar-refractivity contribution in [2.75, 3.05) is 0 Å². The van der Waals surface area contributed by atoms with Gasteiger partial charge >= 0.3 is 0 Å². The summed E-state index contributed by atoms with van der Waals surface area (Å²) in [6.45, 7) is 5.93. The van der Waals surface area contributed by atoms with Gasteiger partial charge in [-0.15, -0.1) is 0 Å². The molecule has 0 spiro atoms. The van der Waals surface area contributed by atoms with Gasteiger partial charge in [0, 0.05) is 5.19 Å². The van der Waals surface area contributed by atoms with Crippen molar-refractivity contribution in [2.45, 2.75) is 46.4 Å². The summed E-state index contributed by atoms with van der Waals surface area (Å²) in [6, 6.07) is 0.599. The molecule has 1 aromatic rings. The third-order valence-electron chi connectivity index (χ3n) is 2.32. The fraction of sp³-hybridized carbons (Fsp3) is 0.538. The van der Waals surface area contributed by atoms with Gasteiger partial charge in [0.25, 0.3) is 6.48 Å². The predicted octanol–water partition coefficient (Wildman–Crippen LogP) is 2.10. The lowest BCUT2D eigenvalue weighted by molar-refractivity contribution is -0.274. The minimum absolute atomic E-state index is 0.214. The van der Waals surface area contributed by atoms with E-state index in [0.29, 0.717) is 6.07 Å². The number of ether oxygens (including phenoxy) is 2. The van der Waals surface area contributed by atoms with Crippen molar-refractivity contribution in [2.24, 2.45) is 0 Å². The Kier molecular flexibility index (Phi) is 6.79. The monoisotopic (exact) mass is 326 g/mol. The Hall–Kier alpha value is -0.963. The van der Waals surface area contributed by atoms with Gasteiger partial charge in [0.05, 0.1) is 12.2 Å². The van der Waals surface area contributed by atoms with Gasteiger partial charge in [0.15, 0.2) is 23.3 Å². The van der Waals surface area contributed by atoms with Crippen LogP contribution in [0.15, 0.2) is 6.07 Å². The molecule has 0 fully saturated rings. The van der Waals surface area contributed by atoms with Crippen LogP contribution in [0.1, 0.15) is 27.7 Å². The molecule has 3 nitrogen and oxygen atoms in total. The number of hydrogen-bond acceptors (Lipinski definition) is 3. The van der Waals surface area contributed by atoms with Crippen molar-refractivity contribution in [3.8, 4) is 0 Å². The molecule has 0 aliphatic carbocycles. The van der Waals surface area contributed by atoms with Crippen LogP contribution in [0.3, 0.4) is 0 Å². The highest BCUT2D eigenvalue weighted by atomic mass is 28.2.